The number of carbonyl (C=O) groups is 4. The van der Waals surface area contributed by atoms with Gasteiger partial charge in [0, 0.05) is 25.7 Å². The normalized spacial score (nSPS) is 14.4. The Labute approximate surface area is 524 Å². The lowest BCUT2D eigenvalue weighted by Gasteiger charge is -2.21. The maximum atomic E-state index is 13.0. The predicted molar refractivity (Wildman–Crippen MR) is 344 cm³/mol. The van der Waals surface area contributed by atoms with Gasteiger partial charge in [-0.3, -0.25) is 37.3 Å². The van der Waals surface area contributed by atoms with E-state index in [9.17, 15) is 43.2 Å². The molecule has 0 aromatic carbocycles. The van der Waals surface area contributed by atoms with Crippen LogP contribution >= 0.6 is 15.6 Å². The molecule has 0 aliphatic rings. The van der Waals surface area contributed by atoms with Crippen molar-refractivity contribution in [1.29, 1.82) is 0 Å². The number of hydrogen-bond donors (Lipinski definition) is 3. The molecule has 0 amide bonds. The van der Waals surface area contributed by atoms with Crippen molar-refractivity contribution in [1.82, 2.24) is 0 Å². The molecule has 86 heavy (non-hydrogen) atoms. The smallest absolute Gasteiger partial charge is 0.462 e. The Hall–Kier alpha value is -1.94. The molecule has 17 nitrogen and oxygen atoms in total. The number of phosphoric acid groups is 2. The average molecular weight is 1270 g/mol. The summed E-state index contributed by atoms with van der Waals surface area (Å²) in [5.41, 5.74) is 0. The van der Waals surface area contributed by atoms with E-state index in [4.69, 9.17) is 37.0 Å². The Morgan fingerprint density at radius 1 is 0.291 bits per heavy atom. The van der Waals surface area contributed by atoms with Crippen LogP contribution in [0.1, 0.15) is 325 Å². The predicted octanol–water partition coefficient (Wildman–Crippen LogP) is 18.5. The number of aliphatic hydroxyl groups is 1. The number of phosphoric ester groups is 2. The van der Waals surface area contributed by atoms with Gasteiger partial charge < -0.3 is 33.8 Å². The molecule has 0 rings (SSSR count). The number of unbranched alkanes of at least 4 members (excludes halogenated alkanes) is 30. The highest BCUT2D eigenvalue weighted by Crippen LogP contribution is 2.45. The van der Waals surface area contributed by atoms with E-state index in [0.29, 0.717) is 31.6 Å². The number of ether oxygens (including phenoxy) is 4. The molecule has 0 aliphatic heterocycles. The SMILES string of the molecule is CC(C)CCCCCCCCCCCCCCC(=O)O[C@H](COC(=O)CCCCCCCCCCC(C)C)COP(=O)(O)OC[C@@H](O)COP(=O)(O)OC[C@@H](COC(=O)CCCCCCCCC(C)C)OC(=O)CCCCCCCCCCC(C)C. The van der Waals surface area contributed by atoms with Crippen molar-refractivity contribution in [3.63, 3.8) is 0 Å². The Morgan fingerprint density at radius 3 is 0.721 bits per heavy atom. The molecule has 0 heterocycles. The first kappa shape index (κ1) is 84.1. The maximum Gasteiger partial charge on any atom is 0.472 e. The maximum absolute atomic E-state index is 13.0. The van der Waals surface area contributed by atoms with Crippen LogP contribution in [0.25, 0.3) is 0 Å². The van der Waals surface area contributed by atoms with E-state index in [1.807, 2.05) is 0 Å². The minimum Gasteiger partial charge on any atom is -0.462 e. The van der Waals surface area contributed by atoms with E-state index in [-0.39, 0.29) is 25.7 Å². The molecule has 0 spiro atoms. The van der Waals surface area contributed by atoms with Crippen molar-refractivity contribution in [2.24, 2.45) is 23.7 Å². The summed E-state index contributed by atoms with van der Waals surface area (Å²) in [7, 11) is -9.90. The van der Waals surface area contributed by atoms with Crippen LogP contribution in [0.3, 0.4) is 0 Å². The second-order valence-electron chi connectivity index (χ2n) is 26.1. The fourth-order valence-electron chi connectivity index (χ4n) is 9.96. The first-order chi connectivity index (χ1) is 41.1. The van der Waals surface area contributed by atoms with Crippen molar-refractivity contribution in [2.75, 3.05) is 39.6 Å². The zero-order valence-electron chi connectivity index (χ0n) is 55.9. The van der Waals surface area contributed by atoms with Gasteiger partial charge in [-0.2, -0.15) is 0 Å². The van der Waals surface area contributed by atoms with Gasteiger partial charge in [0.25, 0.3) is 0 Å². The van der Waals surface area contributed by atoms with E-state index in [0.717, 1.165) is 114 Å². The van der Waals surface area contributed by atoms with E-state index in [1.165, 1.54) is 122 Å². The van der Waals surface area contributed by atoms with Crippen molar-refractivity contribution in [3.8, 4) is 0 Å². The summed E-state index contributed by atoms with van der Waals surface area (Å²) >= 11 is 0. The quantitative estimate of drug-likeness (QED) is 0.0222. The Bertz CT molecular complexity index is 1710. The van der Waals surface area contributed by atoms with Crippen LogP contribution in [0.5, 0.6) is 0 Å². The molecule has 0 aliphatic carbocycles. The highest BCUT2D eigenvalue weighted by molar-refractivity contribution is 7.47. The average Bonchev–Trinajstić information content (AvgIpc) is 3.64. The lowest BCUT2D eigenvalue weighted by molar-refractivity contribution is -0.161. The molecule has 510 valence electrons. The second kappa shape index (κ2) is 57.0. The molecule has 0 fully saturated rings. The first-order valence-corrected chi connectivity index (χ1v) is 37.7. The van der Waals surface area contributed by atoms with E-state index in [2.05, 4.69) is 55.4 Å². The van der Waals surface area contributed by atoms with Crippen LogP contribution in [0.15, 0.2) is 0 Å². The summed E-state index contributed by atoms with van der Waals surface area (Å²) in [6.45, 7) is 14.0. The van der Waals surface area contributed by atoms with Crippen molar-refractivity contribution < 1.29 is 80.2 Å². The summed E-state index contributed by atoms with van der Waals surface area (Å²) < 4.78 is 68.1. The van der Waals surface area contributed by atoms with Crippen molar-refractivity contribution in [2.45, 2.75) is 343 Å². The molecule has 0 radical (unpaired) electrons. The fraction of sp³-hybridized carbons (Fsp3) is 0.940. The van der Waals surface area contributed by atoms with Crippen LogP contribution in [-0.4, -0.2) is 96.7 Å². The van der Waals surface area contributed by atoms with Crippen LogP contribution in [0.4, 0.5) is 0 Å². The molecule has 0 aromatic rings. The van der Waals surface area contributed by atoms with Gasteiger partial charge in [0.15, 0.2) is 12.2 Å². The van der Waals surface area contributed by atoms with Gasteiger partial charge >= 0.3 is 39.5 Å². The third-order valence-electron chi connectivity index (χ3n) is 15.3. The minimum absolute atomic E-state index is 0.103. The summed E-state index contributed by atoms with van der Waals surface area (Å²) in [6, 6.07) is 0. The number of carbonyl (C=O) groups excluding carboxylic acids is 4. The highest BCUT2D eigenvalue weighted by Gasteiger charge is 2.30. The zero-order chi connectivity index (χ0) is 63.9. The van der Waals surface area contributed by atoms with Gasteiger partial charge in [-0.05, 0) is 49.4 Å². The van der Waals surface area contributed by atoms with Crippen LogP contribution in [-0.2, 0) is 65.4 Å². The number of aliphatic hydroxyl groups excluding tert-OH is 1. The van der Waals surface area contributed by atoms with Gasteiger partial charge in [-0.15, -0.1) is 0 Å². The molecule has 0 saturated carbocycles. The topological polar surface area (TPSA) is 237 Å². The summed E-state index contributed by atoms with van der Waals surface area (Å²) in [6.07, 6.45) is 37.8. The molecular formula is C67H130O17P2. The largest absolute Gasteiger partial charge is 0.472 e. The van der Waals surface area contributed by atoms with Crippen molar-refractivity contribution in [3.05, 3.63) is 0 Å². The van der Waals surface area contributed by atoms with E-state index in [1.54, 1.807) is 0 Å². The lowest BCUT2D eigenvalue weighted by Crippen LogP contribution is -2.30. The van der Waals surface area contributed by atoms with Crippen LogP contribution in [0, 0.1) is 23.7 Å². The third-order valence-corrected chi connectivity index (χ3v) is 17.2. The standard InChI is InChI=1S/C67H130O17P2/c1-57(2)43-35-27-19-13-11-9-10-12-14-23-33-41-49-66(71)83-62(53-77-64(69)47-39-31-22-17-15-20-28-36-44-58(3)4)55-81-85(73,74)79-51-61(68)52-80-86(75,76)82-56-63(54-78-65(70)48-40-32-26-25-30-38-46-60(7)8)84-67(72)50-42-34-24-18-16-21-29-37-45-59(5)6/h57-63,68H,9-56H2,1-8H3,(H,73,74)(H,75,76)/t61-,62-,63-/m1/s1. The molecule has 0 saturated heterocycles. The Balaban J connectivity index is 5.25. The number of esters is 4. The molecule has 19 heteroatoms. The number of rotatable bonds is 64. The van der Waals surface area contributed by atoms with Crippen LogP contribution in [0.2, 0.25) is 0 Å². The molecule has 2 unspecified atom stereocenters. The van der Waals surface area contributed by atoms with Crippen molar-refractivity contribution >= 4 is 39.5 Å². The molecule has 0 bridgehead atoms. The molecule has 0 aromatic heterocycles. The van der Waals surface area contributed by atoms with Gasteiger partial charge in [0.1, 0.15) is 19.3 Å². The molecule has 3 N–H and O–H groups in total. The monoisotopic (exact) mass is 1270 g/mol. The fourth-order valence-corrected chi connectivity index (χ4v) is 11.5. The molecule has 5 atom stereocenters. The first-order valence-electron chi connectivity index (χ1n) is 34.7. The molecular weight excluding hydrogens is 1140 g/mol. The van der Waals surface area contributed by atoms with Crippen LogP contribution < -0.4 is 0 Å². The minimum atomic E-state index is -4.95. The Kier molecular flexibility index (Phi) is 55.7. The van der Waals surface area contributed by atoms with E-state index >= 15 is 0 Å². The summed E-state index contributed by atoms with van der Waals surface area (Å²) in [5.74, 6) is 0.764. The van der Waals surface area contributed by atoms with E-state index < -0.39 is 97.5 Å². The summed E-state index contributed by atoms with van der Waals surface area (Å²) in [4.78, 5) is 72.3. The third kappa shape index (κ3) is 60.9. The van der Waals surface area contributed by atoms with Gasteiger partial charge in [0.05, 0.1) is 26.4 Å². The second-order valence-corrected chi connectivity index (χ2v) is 29.0. The highest BCUT2D eigenvalue weighted by atomic mass is 31.2. The van der Waals surface area contributed by atoms with Gasteiger partial charge in [-0.25, -0.2) is 9.13 Å². The summed E-state index contributed by atoms with van der Waals surface area (Å²) in [5, 5.41) is 10.6. The van der Waals surface area contributed by atoms with Gasteiger partial charge in [-0.1, -0.05) is 274 Å². The lowest BCUT2D eigenvalue weighted by atomic mass is 10.0. The van der Waals surface area contributed by atoms with Gasteiger partial charge in [0.2, 0.25) is 0 Å². The Morgan fingerprint density at radius 2 is 0.488 bits per heavy atom. The number of hydrogen-bond acceptors (Lipinski definition) is 15. The zero-order valence-corrected chi connectivity index (χ0v) is 57.7.